The molecule has 0 aliphatic rings. The van der Waals surface area contributed by atoms with Crippen LogP contribution in [0.5, 0.6) is 0 Å². The second-order valence-corrected chi connectivity index (χ2v) is 9.18. The van der Waals surface area contributed by atoms with Crippen molar-refractivity contribution in [1.82, 2.24) is 4.31 Å². The van der Waals surface area contributed by atoms with Crippen LogP contribution < -0.4 is 5.32 Å². The number of benzene rings is 2. The van der Waals surface area contributed by atoms with Gasteiger partial charge in [0.1, 0.15) is 4.90 Å². The molecule has 0 heterocycles. The molecule has 0 spiro atoms. The quantitative estimate of drug-likeness (QED) is 0.600. The molecule has 1 amide bonds. The third kappa shape index (κ3) is 5.97. The molecule has 2 rings (SSSR count). The van der Waals surface area contributed by atoms with E-state index < -0.39 is 10.0 Å². The van der Waals surface area contributed by atoms with Gasteiger partial charge in [-0.1, -0.05) is 43.6 Å². The summed E-state index contributed by atoms with van der Waals surface area (Å²) < 4.78 is 26.7. The third-order valence-electron chi connectivity index (χ3n) is 3.88. The van der Waals surface area contributed by atoms with E-state index in [4.69, 9.17) is 11.6 Å². The number of thioether (sulfide) groups is 1. The number of sulfonamides is 1. The lowest BCUT2D eigenvalue weighted by molar-refractivity contribution is -0.115. The van der Waals surface area contributed by atoms with Gasteiger partial charge in [0.25, 0.3) is 0 Å². The first-order chi connectivity index (χ1) is 12.9. The summed E-state index contributed by atoms with van der Waals surface area (Å²) in [7, 11) is -3.70. The Hall–Kier alpha value is -1.54. The maximum absolute atomic E-state index is 12.7. The zero-order valence-electron chi connectivity index (χ0n) is 15.3. The van der Waals surface area contributed by atoms with Crippen molar-refractivity contribution in [2.75, 3.05) is 24.2 Å². The molecule has 0 saturated heterocycles. The number of carbonyl (C=O) groups is 1. The Morgan fingerprint density at radius 1 is 1.11 bits per heavy atom. The topological polar surface area (TPSA) is 66.5 Å². The number of amides is 1. The average molecular weight is 427 g/mol. The van der Waals surface area contributed by atoms with E-state index in [1.165, 1.54) is 16.4 Å². The van der Waals surface area contributed by atoms with E-state index in [0.29, 0.717) is 31.0 Å². The first-order valence-electron chi connectivity index (χ1n) is 8.65. The highest BCUT2D eigenvalue weighted by atomic mass is 35.5. The molecule has 5 nitrogen and oxygen atoms in total. The van der Waals surface area contributed by atoms with E-state index in [1.807, 2.05) is 30.3 Å². The minimum atomic E-state index is -3.70. The van der Waals surface area contributed by atoms with Crippen molar-refractivity contribution in [1.29, 1.82) is 0 Å². The van der Waals surface area contributed by atoms with Crippen LogP contribution in [-0.2, 0) is 14.8 Å². The zero-order valence-corrected chi connectivity index (χ0v) is 17.7. The predicted octanol–water partition coefficient (Wildman–Crippen LogP) is 4.49. The molecule has 0 fully saturated rings. The Bertz CT molecular complexity index is 870. The Kier molecular flexibility index (Phi) is 8.16. The van der Waals surface area contributed by atoms with Gasteiger partial charge < -0.3 is 5.32 Å². The molecule has 0 saturated carbocycles. The molecule has 1 N–H and O–H groups in total. The van der Waals surface area contributed by atoms with Crippen LogP contribution in [0, 0.1) is 0 Å². The van der Waals surface area contributed by atoms with Crippen LogP contribution >= 0.6 is 23.4 Å². The maximum Gasteiger partial charge on any atom is 0.244 e. The van der Waals surface area contributed by atoms with Crippen molar-refractivity contribution in [3.8, 4) is 0 Å². The lowest BCUT2D eigenvalue weighted by Gasteiger charge is -2.19. The summed E-state index contributed by atoms with van der Waals surface area (Å²) >= 11 is 7.70. The van der Waals surface area contributed by atoms with E-state index in [-0.39, 0.29) is 15.8 Å². The molecule has 0 bridgehead atoms. The molecule has 27 heavy (non-hydrogen) atoms. The van der Waals surface area contributed by atoms with Crippen LogP contribution in [0.15, 0.2) is 58.3 Å². The number of hydrogen-bond acceptors (Lipinski definition) is 4. The van der Waals surface area contributed by atoms with E-state index >= 15 is 0 Å². The normalized spacial score (nSPS) is 11.6. The van der Waals surface area contributed by atoms with Gasteiger partial charge in [0.15, 0.2) is 0 Å². The fourth-order valence-corrected chi connectivity index (χ4v) is 5.31. The van der Waals surface area contributed by atoms with Gasteiger partial charge in [0, 0.05) is 35.8 Å². The van der Waals surface area contributed by atoms with Crippen molar-refractivity contribution in [2.24, 2.45) is 0 Å². The number of nitrogens with zero attached hydrogens (tertiary/aromatic N) is 1. The SMILES string of the molecule is CCN(CC)S(=O)(=O)c1cc(NC(=O)CCSc2ccccc2)ccc1Cl. The molecule has 8 heteroatoms. The molecule has 0 atom stereocenters. The first-order valence-corrected chi connectivity index (χ1v) is 11.5. The Morgan fingerprint density at radius 2 is 1.78 bits per heavy atom. The zero-order chi connectivity index (χ0) is 19.9. The molecule has 0 unspecified atom stereocenters. The van der Waals surface area contributed by atoms with E-state index in [2.05, 4.69) is 5.32 Å². The van der Waals surface area contributed by atoms with E-state index in [9.17, 15) is 13.2 Å². The largest absolute Gasteiger partial charge is 0.326 e. The third-order valence-corrected chi connectivity index (χ3v) is 7.42. The van der Waals surface area contributed by atoms with Crippen molar-refractivity contribution in [2.45, 2.75) is 30.1 Å². The number of carbonyl (C=O) groups excluding carboxylic acids is 1. The molecule has 146 valence electrons. The van der Waals surface area contributed by atoms with Crippen molar-refractivity contribution in [3.05, 3.63) is 53.6 Å². The molecular weight excluding hydrogens is 404 g/mol. The van der Waals surface area contributed by atoms with Gasteiger partial charge >= 0.3 is 0 Å². The van der Waals surface area contributed by atoms with Gasteiger partial charge in [-0.2, -0.15) is 4.31 Å². The summed E-state index contributed by atoms with van der Waals surface area (Å²) in [5.74, 6) is 0.459. The highest BCUT2D eigenvalue weighted by Crippen LogP contribution is 2.28. The fraction of sp³-hybridized carbons (Fsp3) is 0.316. The lowest BCUT2D eigenvalue weighted by atomic mass is 10.3. The summed E-state index contributed by atoms with van der Waals surface area (Å²) in [5, 5.41) is 2.89. The monoisotopic (exact) mass is 426 g/mol. The summed E-state index contributed by atoms with van der Waals surface area (Å²) in [5.41, 5.74) is 0.417. The van der Waals surface area contributed by atoms with Crippen molar-refractivity contribution >= 4 is 45.0 Å². The summed E-state index contributed by atoms with van der Waals surface area (Å²) in [4.78, 5) is 13.3. The second kappa shape index (κ2) is 10.1. The number of rotatable bonds is 9. The number of anilines is 1. The first kappa shape index (κ1) is 21.8. The molecule has 2 aromatic carbocycles. The van der Waals surface area contributed by atoms with Crippen LogP contribution in [0.3, 0.4) is 0 Å². The minimum Gasteiger partial charge on any atom is -0.326 e. The molecule has 0 aliphatic heterocycles. The molecule has 0 aromatic heterocycles. The highest BCUT2D eigenvalue weighted by molar-refractivity contribution is 7.99. The van der Waals surface area contributed by atoms with Gasteiger partial charge in [-0.05, 0) is 30.3 Å². The summed E-state index contributed by atoms with van der Waals surface area (Å²) in [6.07, 6.45) is 0.320. The standard InChI is InChI=1S/C19H23ClN2O3S2/c1-3-22(4-2)27(24,25)18-14-15(10-11-17(18)20)21-19(23)12-13-26-16-8-6-5-7-9-16/h5-11,14H,3-4,12-13H2,1-2H3,(H,21,23). The van der Waals surface area contributed by atoms with Crippen molar-refractivity contribution in [3.63, 3.8) is 0 Å². The maximum atomic E-state index is 12.7. The molecular formula is C19H23ClN2O3S2. The van der Waals surface area contributed by atoms with Gasteiger partial charge in [0.05, 0.1) is 5.02 Å². The molecule has 0 aliphatic carbocycles. The van der Waals surface area contributed by atoms with Gasteiger partial charge in [-0.15, -0.1) is 11.8 Å². The highest BCUT2D eigenvalue weighted by Gasteiger charge is 2.24. The van der Waals surface area contributed by atoms with Crippen LogP contribution in [0.2, 0.25) is 5.02 Å². The second-order valence-electron chi connectivity index (χ2n) is 5.69. The molecule has 0 radical (unpaired) electrons. The predicted molar refractivity (Wildman–Crippen MR) is 112 cm³/mol. The fourth-order valence-electron chi connectivity index (χ4n) is 2.48. The number of halogens is 1. The summed E-state index contributed by atoms with van der Waals surface area (Å²) in [6.45, 7) is 4.24. The minimum absolute atomic E-state index is 0.00401. The van der Waals surface area contributed by atoms with Crippen molar-refractivity contribution < 1.29 is 13.2 Å². The van der Waals surface area contributed by atoms with Gasteiger partial charge in [0.2, 0.25) is 15.9 Å². The van der Waals surface area contributed by atoms with Gasteiger partial charge in [-0.3, -0.25) is 4.79 Å². The number of hydrogen-bond donors (Lipinski definition) is 1. The Morgan fingerprint density at radius 3 is 2.41 bits per heavy atom. The molecule has 2 aromatic rings. The number of nitrogens with one attached hydrogen (secondary N) is 1. The van der Waals surface area contributed by atoms with Crippen LogP contribution in [-0.4, -0.2) is 37.5 Å². The van der Waals surface area contributed by atoms with E-state index in [1.54, 1.807) is 31.7 Å². The van der Waals surface area contributed by atoms with Crippen LogP contribution in [0.25, 0.3) is 0 Å². The van der Waals surface area contributed by atoms with Crippen LogP contribution in [0.1, 0.15) is 20.3 Å². The summed E-state index contributed by atoms with van der Waals surface area (Å²) in [6, 6.07) is 14.3. The Labute approximate surface area is 170 Å². The van der Waals surface area contributed by atoms with E-state index in [0.717, 1.165) is 4.90 Å². The van der Waals surface area contributed by atoms with Crippen LogP contribution in [0.4, 0.5) is 5.69 Å². The van der Waals surface area contributed by atoms with Gasteiger partial charge in [-0.25, -0.2) is 8.42 Å². The Balaban J connectivity index is 2.03. The smallest absolute Gasteiger partial charge is 0.244 e. The average Bonchev–Trinajstić information content (AvgIpc) is 2.65. The lowest BCUT2D eigenvalue weighted by Crippen LogP contribution is -2.30.